The lowest BCUT2D eigenvalue weighted by Crippen LogP contribution is -2.36. The zero-order valence-corrected chi connectivity index (χ0v) is 10.9. The van der Waals surface area contributed by atoms with E-state index in [4.69, 9.17) is 0 Å². The minimum atomic E-state index is -0.589. The number of ether oxygens (including phenoxy) is 1. The summed E-state index contributed by atoms with van der Waals surface area (Å²) in [5, 5.41) is 2.85. The molecule has 5 heteroatoms. The van der Waals surface area contributed by atoms with Crippen LogP contribution in [0.2, 0.25) is 0 Å². The predicted octanol–water partition coefficient (Wildman–Crippen LogP) is 2.49. The first-order valence-corrected chi connectivity index (χ1v) is 5.66. The van der Waals surface area contributed by atoms with Crippen molar-refractivity contribution < 1.29 is 18.3 Å². The molecule has 3 nitrogen and oxygen atoms in total. The van der Waals surface area contributed by atoms with Crippen molar-refractivity contribution in [1.29, 1.82) is 0 Å². The van der Waals surface area contributed by atoms with Crippen LogP contribution in [0.5, 0.6) is 0 Å². The lowest BCUT2D eigenvalue weighted by Gasteiger charge is -2.19. The quantitative estimate of drug-likeness (QED) is 0.842. The van der Waals surface area contributed by atoms with Crippen LogP contribution in [0.3, 0.4) is 0 Å². The molecule has 1 aromatic carbocycles. The molecule has 0 aliphatic heterocycles. The third-order valence-electron chi connectivity index (χ3n) is 2.80. The van der Waals surface area contributed by atoms with Gasteiger partial charge in [-0.25, -0.2) is 8.78 Å². The topological polar surface area (TPSA) is 38.3 Å². The Morgan fingerprint density at radius 1 is 1.28 bits per heavy atom. The van der Waals surface area contributed by atoms with E-state index in [-0.39, 0.29) is 11.1 Å². The van der Waals surface area contributed by atoms with Crippen LogP contribution in [0.25, 0.3) is 0 Å². The number of carbonyl (C=O) groups excluding carboxylic acids is 1. The van der Waals surface area contributed by atoms with Gasteiger partial charge in [0.2, 0.25) is 0 Å². The summed E-state index contributed by atoms with van der Waals surface area (Å²) in [6.45, 7) is 4.76. The zero-order chi connectivity index (χ0) is 13.9. The highest BCUT2D eigenvalue weighted by Gasteiger charge is 2.19. The third kappa shape index (κ3) is 3.26. The Hall–Kier alpha value is -1.49. The first-order chi connectivity index (χ1) is 8.36. The first-order valence-electron chi connectivity index (χ1n) is 5.66. The van der Waals surface area contributed by atoms with Crippen molar-refractivity contribution in [3.05, 3.63) is 34.9 Å². The molecule has 1 N–H and O–H groups in total. The Morgan fingerprint density at radius 2 is 1.89 bits per heavy atom. The summed E-state index contributed by atoms with van der Waals surface area (Å²) in [6.07, 6.45) is 0. The van der Waals surface area contributed by atoms with E-state index >= 15 is 0 Å². The Labute approximate surface area is 105 Å². The van der Waals surface area contributed by atoms with E-state index in [1.54, 1.807) is 13.8 Å². The summed E-state index contributed by atoms with van der Waals surface area (Å²) < 4.78 is 31.6. The fourth-order valence-electron chi connectivity index (χ4n) is 1.70. The molecule has 0 saturated heterocycles. The van der Waals surface area contributed by atoms with Crippen molar-refractivity contribution in [2.24, 2.45) is 0 Å². The number of esters is 1. The van der Waals surface area contributed by atoms with Gasteiger partial charge in [-0.3, -0.25) is 10.1 Å². The molecule has 0 amide bonds. The molecule has 1 rings (SSSR count). The van der Waals surface area contributed by atoms with Crippen LogP contribution in [0.1, 0.15) is 31.0 Å². The molecule has 0 aliphatic rings. The van der Waals surface area contributed by atoms with Gasteiger partial charge in [-0.05, 0) is 38.5 Å². The molecule has 2 atom stereocenters. The summed E-state index contributed by atoms with van der Waals surface area (Å²) in [4.78, 5) is 11.2. The van der Waals surface area contributed by atoms with E-state index in [1.165, 1.54) is 14.0 Å². The van der Waals surface area contributed by atoms with Crippen LogP contribution in [-0.2, 0) is 9.53 Å². The summed E-state index contributed by atoms with van der Waals surface area (Å²) >= 11 is 0. The second-order valence-corrected chi connectivity index (χ2v) is 4.26. The van der Waals surface area contributed by atoms with Gasteiger partial charge in [0.05, 0.1) is 7.11 Å². The van der Waals surface area contributed by atoms with E-state index in [9.17, 15) is 13.6 Å². The van der Waals surface area contributed by atoms with Crippen molar-refractivity contribution in [3.63, 3.8) is 0 Å². The van der Waals surface area contributed by atoms with E-state index in [0.717, 1.165) is 12.1 Å². The Kier molecular flexibility index (Phi) is 4.78. The van der Waals surface area contributed by atoms with Gasteiger partial charge < -0.3 is 4.74 Å². The highest BCUT2D eigenvalue weighted by molar-refractivity contribution is 5.75. The average molecular weight is 257 g/mol. The highest BCUT2D eigenvalue weighted by atomic mass is 19.1. The molecule has 1 aromatic rings. The highest BCUT2D eigenvalue weighted by Crippen LogP contribution is 2.21. The molecule has 0 bridgehead atoms. The van der Waals surface area contributed by atoms with Gasteiger partial charge in [0.15, 0.2) is 0 Å². The molecule has 0 fully saturated rings. The molecule has 18 heavy (non-hydrogen) atoms. The molecule has 0 spiro atoms. The van der Waals surface area contributed by atoms with Crippen LogP contribution in [-0.4, -0.2) is 19.1 Å². The number of hydrogen-bond acceptors (Lipinski definition) is 3. The molecule has 2 unspecified atom stereocenters. The van der Waals surface area contributed by atoms with Gasteiger partial charge >= 0.3 is 5.97 Å². The fraction of sp³-hybridized carbons (Fsp3) is 0.462. The molecular formula is C13H17F2NO2. The lowest BCUT2D eigenvalue weighted by atomic mass is 10.0. The van der Waals surface area contributed by atoms with Crippen molar-refractivity contribution in [3.8, 4) is 0 Å². The van der Waals surface area contributed by atoms with Crippen molar-refractivity contribution >= 4 is 5.97 Å². The van der Waals surface area contributed by atoms with Gasteiger partial charge in [-0.15, -0.1) is 0 Å². The summed E-state index contributed by atoms with van der Waals surface area (Å²) in [5.41, 5.74) is 0.443. The van der Waals surface area contributed by atoms with E-state index < -0.39 is 29.7 Å². The normalized spacial score (nSPS) is 14.1. The molecule has 0 saturated carbocycles. The molecule has 0 radical (unpaired) electrons. The first kappa shape index (κ1) is 14.6. The average Bonchev–Trinajstić information content (AvgIpc) is 2.32. The van der Waals surface area contributed by atoms with Crippen LogP contribution in [0, 0.1) is 18.6 Å². The standard InChI is InChI=1S/C13H17F2NO2/c1-7-5-12(15)10(6-11(7)14)8(2)16-9(3)13(17)18-4/h5-6,8-9,16H,1-4H3. The van der Waals surface area contributed by atoms with E-state index in [1.807, 2.05) is 0 Å². The number of rotatable bonds is 4. The summed E-state index contributed by atoms with van der Waals surface area (Å²) in [6, 6.07) is 1.21. The largest absolute Gasteiger partial charge is 0.468 e. The fourth-order valence-corrected chi connectivity index (χ4v) is 1.70. The number of hydrogen-bond donors (Lipinski definition) is 1. The third-order valence-corrected chi connectivity index (χ3v) is 2.80. The van der Waals surface area contributed by atoms with Gasteiger partial charge in [-0.1, -0.05) is 0 Å². The number of carbonyl (C=O) groups is 1. The SMILES string of the molecule is COC(=O)C(C)NC(C)c1cc(F)c(C)cc1F. The van der Waals surface area contributed by atoms with E-state index in [2.05, 4.69) is 10.1 Å². The van der Waals surface area contributed by atoms with Crippen molar-refractivity contribution in [1.82, 2.24) is 5.32 Å². The zero-order valence-electron chi connectivity index (χ0n) is 10.9. The Bertz CT molecular complexity index is 449. The smallest absolute Gasteiger partial charge is 0.322 e. The molecule has 0 aliphatic carbocycles. The number of methoxy groups -OCH3 is 1. The van der Waals surface area contributed by atoms with Crippen molar-refractivity contribution in [2.45, 2.75) is 32.9 Å². The summed E-state index contributed by atoms with van der Waals surface area (Å²) in [5.74, 6) is -1.41. The molecule has 0 aromatic heterocycles. The number of aryl methyl sites for hydroxylation is 1. The Morgan fingerprint density at radius 3 is 2.44 bits per heavy atom. The second-order valence-electron chi connectivity index (χ2n) is 4.26. The lowest BCUT2D eigenvalue weighted by molar-refractivity contribution is -0.142. The van der Waals surface area contributed by atoms with Crippen LogP contribution in [0.4, 0.5) is 8.78 Å². The number of nitrogens with one attached hydrogen (secondary N) is 1. The number of benzene rings is 1. The van der Waals surface area contributed by atoms with Gasteiger partial charge in [0.25, 0.3) is 0 Å². The maximum Gasteiger partial charge on any atom is 0.322 e. The number of halogens is 2. The van der Waals surface area contributed by atoms with Crippen molar-refractivity contribution in [2.75, 3.05) is 7.11 Å². The van der Waals surface area contributed by atoms with Gasteiger partial charge in [0, 0.05) is 11.6 Å². The van der Waals surface area contributed by atoms with Crippen LogP contribution in [0.15, 0.2) is 12.1 Å². The molecule has 0 heterocycles. The minimum absolute atomic E-state index is 0.189. The molecular weight excluding hydrogens is 240 g/mol. The summed E-state index contributed by atoms with van der Waals surface area (Å²) in [7, 11) is 1.28. The second kappa shape index (κ2) is 5.91. The van der Waals surface area contributed by atoms with Crippen LogP contribution < -0.4 is 5.32 Å². The molecule has 100 valence electrons. The van der Waals surface area contributed by atoms with Gasteiger partial charge in [0.1, 0.15) is 17.7 Å². The maximum atomic E-state index is 13.7. The predicted molar refractivity (Wildman–Crippen MR) is 64.1 cm³/mol. The monoisotopic (exact) mass is 257 g/mol. The van der Waals surface area contributed by atoms with Gasteiger partial charge in [-0.2, -0.15) is 0 Å². The maximum absolute atomic E-state index is 13.7. The Balaban J connectivity index is 2.87. The van der Waals surface area contributed by atoms with Crippen LogP contribution >= 0.6 is 0 Å². The minimum Gasteiger partial charge on any atom is -0.468 e. The van der Waals surface area contributed by atoms with E-state index in [0.29, 0.717) is 0 Å².